The normalized spacial score (nSPS) is 9.47. The Hall–Kier alpha value is -1.67. The zero-order chi connectivity index (χ0) is 11.4. The average molecular weight is 231 g/mol. The van der Waals surface area contributed by atoms with Gasteiger partial charge in [0.1, 0.15) is 12.2 Å². The maximum Gasteiger partial charge on any atom is 0.238 e. The predicted octanol–water partition coefficient (Wildman–Crippen LogP) is 2.47. The molecule has 1 rings (SSSR count). The summed E-state index contributed by atoms with van der Waals surface area (Å²) < 4.78 is 25.7. The van der Waals surface area contributed by atoms with Gasteiger partial charge in [0.25, 0.3) is 0 Å². The number of hydrogen-bond donors (Lipinski definition) is 1. The minimum atomic E-state index is -0.980. The molecular weight excluding hydrogens is 226 g/mol. The van der Waals surface area contributed by atoms with Gasteiger partial charge < -0.3 is 5.32 Å². The smallest absolute Gasteiger partial charge is 0.238 e. The van der Waals surface area contributed by atoms with E-state index in [9.17, 15) is 13.6 Å². The monoisotopic (exact) mass is 230 g/mol. The number of halogens is 3. The molecular formula is C9H5ClF2N2O. The van der Waals surface area contributed by atoms with Crippen molar-refractivity contribution in [2.75, 3.05) is 5.32 Å². The molecule has 0 aliphatic carbocycles. The summed E-state index contributed by atoms with van der Waals surface area (Å²) >= 11 is 5.50. The molecule has 0 spiro atoms. The lowest BCUT2D eigenvalue weighted by molar-refractivity contribution is -0.115. The van der Waals surface area contributed by atoms with E-state index in [0.717, 1.165) is 6.07 Å². The Morgan fingerprint density at radius 1 is 1.53 bits per heavy atom. The molecule has 1 aromatic rings. The zero-order valence-corrected chi connectivity index (χ0v) is 8.11. The third-order valence-electron chi connectivity index (χ3n) is 1.51. The van der Waals surface area contributed by atoms with Crippen molar-refractivity contribution in [2.24, 2.45) is 0 Å². The molecule has 15 heavy (non-hydrogen) atoms. The van der Waals surface area contributed by atoms with Gasteiger partial charge in [-0.1, -0.05) is 11.6 Å². The van der Waals surface area contributed by atoms with Crippen LogP contribution in [0.2, 0.25) is 5.02 Å². The lowest BCUT2D eigenvalue weighted by Gasteiger charge is -2.06. The van der Waals surface area contributed by atoms with Crippen molar-refractivity contribution < 1.29 is 13.6 Å². The molecule has 0 radical (unpaired) electrons. The van der Waals surface area contributed by atoms with Crippen LogP contribution in [0.3, 0.4) is 0 Å². The highest BCUT2D eigenvalue weighted by Gasteiger charge is 2.12. The topological polar surface area (TPSA) is 52.9 Å². The Kier molecular flexibility index (Phi) is 3.58. The summed E-state index contributed by atoms with van der Waals surface area (Å²) in [5, 5.41) is 10.0. The van der Waals surface area contributed by atoms with E-state index >= 15 is 0 Å². The van der Waals surface area contributed by atoms with Crippen LogP contribution in [0.1, 0.15) is 6.42 Å². The van der Waals surface area contributed by atoms with Gasteiger partial charge in [-0.25, -0.2) is 8.78 Å². The van der Waals surface area contributed by atoms with Crippen molar-refractivity contribution in [1.29, 1.82) is 5.26 Å². The molecule has 0 saturated heterocycles. The second-order valence-electron chi connectivity index (χ2n) is 2.63. The molecule has 78 valence electrons. The Bertz CT molecular complexity index is 419. The third kappa shape index (κ3) is 2.89. The Balaban J connectivity index is 2.96. The first-order valence-corrected chi connectivity index (χ1v) is 4.23. The number of rotatable bonds is 2. The van der Waals surface area contributed by atoms with Crippen LogP contribution in [-0.4, -0.2) is 5.91 Å². The lowest BCUT2D eigenvalue weighted by atomic mass is 10.3. The van der Waals surface area contributed by atoms with Crippen LogP contribution in [-0.2, 0) is 4.79 Å². The Labute approximate surface area is 89.3 Å². The van der Waals surface area contributed by atoms with Gasteiger partial charge in [0.15, 0.2) is 5.82 Å². The summed E-state index contributed by atoms with van der Waals surface area (Å²) in [6, 6.07) is 3.05. The summed E-state index contributed by atoms with van der Waals surface area (Å²) in [5.41, 5.74) is -0.321. The van der Waals surface area contributed by atoms with E-state index < -0.39 is 24.0 Å². The van der Waals surface area contributed by atoms with Gasteiger partial charge in [0.2, 0.25) is 5.91 Å². The number of nitrogens with one attached hydrogen (secondary N) is 1. The summed E-state index contributed by atoms with van der Waals surface area (Å²) in [6.45, 7) is 0. The van der Waals surface area contributed by atoms with Crippen molar-refractivity contribution in [2.45, 2.75) is 6.42 Å². The predicted molar refractivity (Wildman–Crippen MR) is 50.2 cm³/mol. The largest absolute Gasteiger partial charge is 0.321 e. The van der Waals surface area contributed by atoms with Gasteiger partial charge in [-0.2, -0.15) is 5.26 Å². The van der Waals surface area contributed by atoms with Gasteiger partial charge in [0.05, 0.1) is 16.8 Å². The van der Waals surface area contributed by atoms with E-state index in [0.29, 0.717) is 6.07 Å². The third-order valence-corrected chi connectivity index (χ3v) is 1.81. The quantitative estimate of drug-likeness (QED) is 0.849. The van der Waals surface area contributed by atoms with Crippen LogP contribution < -0.4 is 5.32 Å². The van der Waals surface area contributed by atoms with Crippen molar-refractivity contribution in [3.63, 3.8) is 0 Å². The number of anilines is 1. The molecule has 0 saturated carbocycles. The van der Waals surface area contributed by atoms with E-state index in [2.05, 4.69) is 5.32 Å². The van der Waals surface area contributed by atoms with Crippen LogP contribution in [0.25, 0.3) is 0 Å². The number of hydrogen-bond acceptors (Lipinski definition) is 2. The molecule has 1 amide bonds. The first kappa shape index (κ1) is 11.4. The lowest BCUT2D eigenvalue weighted by Crippen LogP contribution is -2.12. The molecule has 0 aliphatic heterocycles. The number of nitrogens with zero attached hydrogens (tertiary/aromatic N) is 1. The van der Waals surface area contributed by atoms with Gasteiger partial charge in [0, 0.05) is 6.07 Å². The second kappa shape index (κ2) is 4.71. The maximum atomic E-state index is 13.1. The van der Waals surface area contributed by atoms with E-state index in [-0.39, 0.29) is 10.7 Å². The van der Waals surface area contributed by atoms with Crippen molar-refractivity contribution in [3.05, 3.63) is 28.8 Å². The SMILES string of the molecule is N#CCC(=O)Nc1c(F)cc(F)cc1Cl. The molecule has 1 N–H and O–H groups in total. The van der Waals surface area contributed by atoms with Gasteiger partial charge in [-0.3, -0.25) is 4.79 Å². The van der Waals surface area contributed by atoms with Crippen molar-refractivity contribution >= 4 is 23.2 Å². The van der Waals surface area contributed by atoms with Crippen LogP contribution in [0, 0.1) is 23.0 Å². The van der Waals surface area contributed by atoms with E-state index in [1.807, 2.05) is 0 Å². The van der Waals surface area contributed by atoms with E-state index in [1.165, 1.54) is 0 Å². The molecule has 3 nitrogen and oxygen atoms in total. The summed E-state index contributed by atoms with van der Waals surface area (Å²) in [6.07, 6.45) is -0.423. The Morgan fingerprint density at radius 3 is 2.73 bits per heavy atom. The summed E-state index contributed by atoms with van der Waals surface area (Å²) in [4.78, 5) is 10.9. The van der Waals surface area contributed by atoms with E-state index in [4.69, 9.17) is 16.9 Å². The first-order chi connectivity index (χ1) is 7.04. The second-order valence-corrected chi connectivity index (χ2v) is 3.03. The fourth-order valence-corrected chi connectivity index (χ4v) is 1.16. The minimum Gasteiger partial charge on any atom is -0.321 e. The number of benzene rings is 1. The summed E-state index contributed by atoms with van der Waals surface area (Å²) in [7, 11) is 0. The van der Waals surface area contributed by atoms with Crippen molar-refractivity contribution in [3.8, 4) is 6.07 Å². The number of nitriles is 1. The molecule has 0 bridgehead atoms. The van der Waals surface area contributed by atoms with Crippen LogP contribution >= 0.6 is 11.6 Å². The maximum absolute atomic E-state index is 13.1. The van der Waals surface area contributed by atoms with E-state index in [1.54, 1.807) is 6.07 Å². The van der Waals surface area contributed by atoms with Gasteiger partial charge in [-0.05, 0) is 6.07 Å². The highest BCUT2D eigenvalue weighted by atomic mass is 35.5. The van der Waals surface area contributed by atoms with Crippen molar-refractivity contribution in [1.82, 2.24) is 0 Å². The molecule has 0 heterocycles. The van der Waals surface area contributed by atoms with Gasteiger partial charge >= 0.3 is 0 Å². The van der Waals surface area contributed by atoms with Crippen LogP contribution in [0.5, 0.6) is 0 Å². The molecule has 0 aliphatic rings. The number of carbonyl (C=O) groups is 1. The molecule has 0 aromatic heterocycles. The number of carbonyl (C=O) groups excluding carboxylic acids is 1. The highest BCUT2D eigenvalue weighted by Crippen LogP contribution is 2.26. The standard InChI is InChI=1S/C9H5ClF2N2O/c10-6-3-5(11)4-7(12)9(6)14-8(15)1-2-13/h3-4H,1H2,(H,14,15). The molecule has 0 atom stereocenters. The molecule has 1 aromatic carbocycles. The minimum absolute atomic E-state index is 0.251. The number of amides is 1. The first-order valence-electron chi connectivity index (χ1n) is 3.86. The van der Waals surface area contributed by atoms with Crippen LogP contribution in [0.15, 0.2) is 12.1 Å². The fourth-order valence-electron chi connectivity index (χ4n) is 0.917. The van der Waals surface area contributed by atoms with Gasteiger partial charge in [-0.15, -0.1) is 0 Å². The fraction of sp³-hybridized carbons (Fsp3) is 0.111. The average Bonchev–Trinajstić information content (AvgIpc) is 2.11. The molecule has 0 fully saturated rings. The summed E-state index contributed by atoms with van der Waals surface area (Å²) in [5.74, 6) is -2.52. The highest BCUT2D eigenvalue weighted by molar-refractivity contribution is 6.33. The zero-order valence-electron chi connectivity index (χ0n) is 7.35. The van der Waals surface area contributed by atoms with Crippen LogP contribution in [0.4, 0.5) is 14.5 Å². The molecule has 0 unspecified atom stereocenters. The Morgan fingerprint density at radius 2 is 2.20 bits per heavy atom. The molecule has 6 heteroatoms.